The summed E-state index contributed by atoms with van der Waals surface area (Å²) in [6.45, 7) is 4.35. The molecule has 0 aromatic carbocycles. The fourth-order valence-electron chi connectivity index (χ4n) is 1.82. The lowest BCUT2D eigenvalue weighted by Gasteiger charge is -2.11. The van der Waals surface area contributed by atoms with Gasteiger partial charge in [-0.25, -0.2) is 0 Å². The Labute approximate surface area is 112 Å². The van der Waals surface area contributed by atoms with Crippen LogP contribution in [0.4, 0.5) is 0 Å². The number of carbonyl (C=O) groups is 2. The van der Waals surface area contributed by atoms with Crippen molar-refractivity contribution in [2.75, 3.05) is 6.54 Å². The largest absolute Gasteiger partial charge is 0.481 e. The molecule has 1 heterocycles. The predicted octanol–water partition coefficient (Wildman–Crippen LogP) is 1.21. The molecule has 19 heavy (non-hydrogen) atoms. The number of hydrogen-bond donors (Lipinski definition) is 2. The highest BCUT2D eigenvalue weighted by Gasteiger charge is 2.15. The average molecular weight is 267 g/mol. The van der Waals surface area contributed by atoms with Gasteiger partial charge in [0.05, 0.1) is 11.3 Å². The Kier molecular flexibility index (Phi) is 5.54. The van der Waals surface area contributed by atoms with Crippen LogP contribution in [-0.2, 0) is 18.3 Å². The van der Waals surface area contributed by atoms with Gasteiger partial charge in [0.25, 0.3) is 5.91 Å². The van der Waals surface area contributed by atoms with Crippen molar-refractivity contribution in [2.45, 2.75) is 33.1 Å². The van der Waals surface area contributed by atoms with Gasteiger partial charge in [-0.2, -0.15) is 5.10 Å². The lowest BCUT2D eigenvalue weighted by Crippen LogP contribution is -2.29. The van der Waals surface area contributed by atoms with Gasteiger partial charge in [0, 0.05) is 26.2 Å². The van der Waals surface area contributed by atoms with E-state index in [1.54, 1.807) is 17.9 Å². The second-order valence-electron chi connectivity index (χ2n) is 4.76. The molecule has 0 aliphatic rings. The average Bonchev–Trinajstić information content (AvgIpc) is 2.74. The third kappa shape index (κ3) is 4.73. The molecule has 1 aromatic heterocycles. The molecular formula is C13H21N3O3. The molecule has 0 aliphatic heterocycles. The summed E-state index contributed by atoms with van der Waals surface area (Å²) in [4.78, 5) is 22.5. The van der Waals surface area contributed by atoms with E-state index in [9.17, 15) is 9.59 Å². The number of aliphatic carboxylic acids is 1. The Bertz CT molecular complexity index is 454. The highest BCUT2D eigenvalue weighted by Crippen LogP contribution is 2.08. The Balaban J connectivity index is 2.48. The lowest BCUT2D eigenvalue weighted by atomic mass is 10.1. The van der Waals surface area contributed by atoms with Gasteiger partial charge in [-0.05, 0) is 18.8 Å². The Morgan fingerprint density at radius 1 is 1.53 bits per heavy atom. The van der Waals surface area contributed by atoms with Crippen LogP contribution in [0.3, 0.4) is 0 Å². The van der Waals surface area contributed by atoms with Gasteiger partial charge in [0.2, 0.25) is 0 Å². The third-order valence-corrected chi connectivity index (χ3v) is 2.95. The molecule has 0 saturated heterocycles. The third-order valence-electron chi connectivity index (χ3n) is 2.95. The van der Waals surface area contributed by atoms with Gasteiger partial charge in [0.15, 0.2) is 0 Å². The van der Waals surface area contributed by atoms with E-state index in [0.29, 0.717) is 24.9 Å². The molecule has 6 heteroatoms. The van der Waals surface area contributed by atoms with Crippen LogP contribution >= 0.6 is 0 Å². The Hall–Kier alpha value is -1.85. The van der Waals surface area contributed by atoms with Crippen LogP contribution in [0.15, 0.2) is 6.20 Å². The molecule has 0 fully saturated rings. The summed E-state index contributed by atoms with van der Waals surface area (Å²) in [6, 6.07) is 0. The van der Waals surface area contributed by atoms with Crippen molar-refractivity contribution in [2.24, 2.45) is 13.0 Å². The summed E-state index contributed by atoms with van der Waals surface area (Å²) in [7, 11) is 1.78. The molecule has 0 spiro atoms. The molecule has 1 aromatic rings. The van der Waals surface area contributed by atoms with E-state index in [-0.39, 0.29) is 18.2 Å². The number of hydrogen-bond acceptors (Lipinski definition) is 3. The molecule has 1 amide bonds. The quantitative estimate of drug-likeness (QED) is 0.777. The zero-order valence-corrected chi connectivity index (χ0v) is 11.6. The minimum absolute atomic E-state index is 0.129. The zero-order valence-electron chi connectivity index (χ0n) is 11.6. The molecule has 6 nitrogen and oxygen atoms in total. The second-order valence-corrected chi connectivity index (χ2v) is 4.76. The fourth-order valence-corrected chi connectivity index (χ4v) is 1.82. The van der Waals surface area contributed by atoms with E-state index in [2.05, 4.69) is 10.4 Å². The van der Waals surface area contributed by atoms with Crippen molar-refractivity contribution in [3.63, 3.8) is 0 Å². The summed E-state index contributed by atoms with van der Waals surface area (Å²) in [5, 5.41) is 15.6. The molecule has 0 bridgehead atoms. The van der Waals surface area contributed by atoms with Gasteiger partial charge < -0.3 is 10.4 Å². The summed E-state index contributed by atoms with van der Waals surface area (Å²) in [5.41, 5.74) is 1.37. The van der Waals surface area contributed by atoms with Crippen molar-refractivity contribution in [3.8, 4) is 0 Å². The maximum Gasteiger partial charge on any atom is 0.303 e. The van der Waals surface area contributed by atoms with Gasteiger partial charge in [-0.1, -0.05) is 13.8 Å². The minimum Gasteiger partial charge on any atom is -0.481 e. The standard InChI is InChI=1S/C13H21N3O3/c1-4-11-10(8-16(3)15-11)13(19)14-7-9(2)5-6-12(17)18/h8-9H,4-7H2,1-3H3,(H,14,19)(H,17,18). The second kappa shape index (κ2) is 6.92. The maximum absolute atomic E-state index is 12.0. The first-order chi connectivity index (χ1) is 8.93. The number of rotatable bonds is 7. The van der Waals surface area contributed by atoms with Crippen molar-refractivity contribution >= 4 is 11.9 Å². The number of carboxylic acids is 1. The van der Waals surface area contributed by atoms with E-state index < -0.39 is 5.97 Å². The number of carboxylic acid groups (broad SMARTS) is 1. The van der Waals surface area contributed by atoms with E-state index in [4.69, 9.17) is 5.11 Å². The van der Waals surface area contributed by atoms with Gasteiger partial charge >= 0.3 is 5.97 Å². The van der Waals surface area contributed by atoms with Crippen LogP contribution in [0.25, 0.3) is 0 Å². The highest BCUT2D eigenvalue weighted by molar-refractivity contribution is 5.95. The summed E-state index contributed by atoms with van der Waals surface area (Å²) in [6.07, 6.45) is 3.10. The van der Waals surface area contributed by atoms with Crippen molar-refractivity contribution in [1.29, 1.82) is 0 Å². The van der Waals surface area contributed by atoms with Crippen LogP contribution in [0, 0.1) is 5.92 Å². The van der Waals surface area contributed by atoms with E-state index in [1.165, 1.54) is 0 Å². The molecule has 0 saturated carbocycles. The SMILES string of the molecule is CCc1nn(C)cc1C(=O)NCC(C)CCC(=O)O. The Morgan fingerprint density at radius 3 is 2.79 bits per heavy atom. The fraction of sp³-hybridized carbons (Fsp3) is 0.615. The number of carbonyl (C=O) groups excluding carboxylic acids is 1. The molecule has 1 atom stereocenters. The maximum atomic E-state index is 12.0. The van der Waals surface area contributed by atoms with E-state index in [1.807, 2.05) is 13.8 Å². The topological polar surface area (TPSA) is 84.2 Å². The zero-order chi connectivity index (χ0) is 14.4. The molecule has 0 aliphatic carbocycles. The van der Waals surface area contributed by atoms with Crippen LogP contribution in [0.2, 0.25) is 0 Å². The number of nitrogens with one attached hydrogen (secondary N) is 1. The van der Waals surface area contributed by atoms with Crippen LogP contribution in [0.5, 0.6) is 0 Å². The normalized spacial score (nSPS) is 12.2. The van der Waals surface area contributed by atoms with Crippen molar-refractivity contribution in [3.05, 3.63) is 17.5 Å². The predicted molar refractivity (Wildman–Crippen MR) is 71.0 cm³/mol. The lowest BCUT2D eigenvalue weighted by molar-refractivity contribution is -0.137. The minimum atomic E-state index is -0.807. The summed E-state index contributed by atoms with van der Waals surface area (Å²) < 4.78 is 1.63. The molecule has 1 unspecified atom stereocenters. The van der Waals surface area contributed by atoms with Gasteiger partial charge in [-0.15, -0.1) is 0 Å². The number of nitrogens with zero attached hydrogens (tertiary/aromatic N) is 2. The number of amides is 1. The number of aromatic nitrogens is 2. The number of aryl methyl sites for hydroxylation is 2. The smallest absolute Gasteiger partial charge is 0.303 e. The van der Waals surface area contributed by atoms with E-state index in [0.717, 1.165) is 5.69 Å². The highest BCUT2D eigenvalue weighted by atomic mass is 16.4. The van der Waals surface area contributed by atoms with E-state index >= 15 is 0 Å². The Morgan fingerprint density at radius 2 is 2.21 bits per heavy atom. The first-order valence-corrected chi connectivity index (χ1v) is 6.46. The summed E-state index contributed by atoms with van der Waals surface area (Å²) in [5.74, 6) is -0.812. The van der Waals surface area contributed by atoms with Crippen LogP contribution in [-0.4, -0.2) is 33.3 Å². The van der Waals surface area contributed by atoms with Gasteiger partial charge in [0.1, 0.15) is 0 Å². The molecule has 1 rings (SSSR count). The molecular weight excluding hydrogens is 246 g/mol. The van der Waals surface area contributed by atoms with Crippen LogP contribution in [0.1, 0.15) is 42.7 Å². The summed E-state index contributed by atoms with van der Waals surface area (Å²) >= 11 is 0. The first kappa shape index (κ1) is 15.2. The van der Waals surface area contributed by atoms with Crippen molar-refractivity contribution in [1.82, 2.24) is 15.1 Å². The monoisotopic (exact) mass is 267 g/mol. The van der Waals surface area contributed by atoms with Crippen LogP contribution < -0.4 is 5.32 Å². The first-order valence-electron chi connectivity index (χ1n) is 6.46. The van der Waals surface area contributed by atoms with Gasteiger partial charge in [-0.3, -0.25) is 14.3 Å². The molecule has 106 valence electrons. The van der Waals surface area contributed by atoms with Crippen molar-refractivity contribution < 1.29 is 14.7 Å². The molecule has 2 N–H and O–H groups in total. The molecule has 0 radical (unpaired) electrons.